The number of hydrogen-bond acceptors (Lipinski definition) is 7. The average Bonchev–Trinajstić information content (AvgIpc) is 3.59. The van der Waals surface area contributed by atoms with Gasteiger partial charge < -0.3 is 15.0 Å². The standard InChI is InChI=1S/C24H28N6O4S/c1-15-13-29(14-16(2)34-15)35(32,33)19-7-5-18(6-8-19)27-23-22-21(10-12-26-24(22)31)30(28-23)20(9-11-25)17-3-4-17/h5-8,10,12,15-17,20H,3-4,9,13-14H2,1-2H3,(H,26,31)(H,27,28). The lowest BCUT2D eigenvalue weighted by atomic mass is 10.1. The average molecular weight is 497 g/mol. The molecule has 1 aliphatic carbocycles. The van der Waals surface area contributed by atoms with Gasteiger partial charge in [-0.25, -0.2) is 8.42 Å². The number of nitriles is 1. The summed E-state index contributed by atoms with van der Waals surface area (Å²) in [5.74, 6) is 0.747. The van der Waals surface area contributed by atoms with E-state index in [1.165, 1.54) is 4.31 Å². The monoisotopic (exact) mass is 496 g/mol. The third-order valence-electron chi connectivity index (χ3n) is 6.55. The van der Waals surface area contributed by atoms with E-state index in [4.69, 9.17) is 4.74 Å². The first-order valence-electron chi connectivity index (χ1n) is 11.8. The molecule has 5 rings (SSSR count). The maximum atomic E-state index is 13.1. The summed E-state index contributed by atoms with van der Waals surface area (Å²) in [6.45, 7) is 4.34. The van der Waals surface area contributed by atoms with Crippen molar-refractivity contribution in [2.45, 2.75) is 56.3 Å². The number of sulfonamides is 1. The fourth-order valence-corrected chi connectivity index (χ4v) is 6.38. The summed E-state index contributed by atoms with van der Waals surface area (Å²) in [6.07, 6.45) is 3.63. The van der Waals surface area contributed by atoms with E-state index in [1.807, 2.05) is 13.8 Å². The molecule has 0 spiro atoms. The van der Waals surface area contributed by atoms with Gasteiger partial charge in [-0.05, 0) is 62.9 Å². The van der Waals surface area contributed by atoms with Crippen LogP contribution in [0.5, 0.6) is 0 Å². The fraction of sp³-hybridized carbons (Fsp3) is 0.458. The molecule has 11 heteroatoms. The third-order valence-corrected chi connectivity index (χ3v) is 8.40. The number of benzene rings is 1. The van der Waals surface area contributed by atoms with Crippen molar-refractivity contribution in [3.63, 3.8) is 0 Å². The number of H-pyrrole nitrogens is 1. The van der Waals surface area contributed by atoms with Crippen LogP contribution in [0.25, 0.3) is 10.9 Å². The lowest BCUT2D eigenvalue weighted by Gasteiger charge is -2.34. The van der Waals surface area contributed by atoms with Gasteiger partial charge in [0.2, 0.25) is 10.0 Å². The van der Waals surface area contributed by atoms with Crippen molar-refractivity contribution in [1.82, 2.24) is 19.1 Å². The van der Waals surface area contributed by atoms with Gasteiger partial charge in [-0.3, -0.25) is 9.48 Å². The molecule has 3 heterocycles. The van der Waals surface area contributed by atoms with E-state index in [0.29, 0.717) is 47.8 Å². The first-order chi connectivity index (χ1) is 16.8. The number of hydrogen-bond donors (Lipinski definition) is 2. The number of rotatable bonds is 7. The van der Waals surface area contributed by atoms with Crippen LogP contribution in [-0.4, -0.2) is 52.8 Å². The van der Waals surface area contributed by atoms with Crippen LogP contribution in [-0.2, 0) is 14.8 Å². The van der Waals surface area contributed by atoms with E-state index in [1.54, 1.807) is 41.2 Å². The van der Waals surface area contributed by atoms with Gasteiger partial charge in [-0.2, -0.15) is 14.7 Å². The molecular weight excluding hydrogens is 468 g/mol. The molecule has 2 aliphatic rings. The molecule has 1 aromatic carbocycles. The summed E-state index contributed by atoms with van der Waals surface area (Å²) in [5, 5.41) is 17.6. The third kappa shape index (κ3) is 4.57. The van der Waals surface area contributed by atoms with Crippen LogP contribution < -0.4 is 10.9 Å². The summed E-state index contributed by atoms with van der Waals surface area (Å²) in [4.78, 5) is 15.6. The number of ether oxygens (including phenoxy) is 1. The summed E-state index contributed by atoms with van der Waals surface area (Å²) in [6, 6.07) is 10.4. The van der Waals surface area contributed by atoms with Crippen molar-refractivity contribution in [1.29, 1.82) is 5.26 Å². The molecule has 3 atom stereocenters. The zero-order valence-corrected chi connectivity index (χ0v) is 20.5. The fourth-order valence-electron chi connectivity index (χ4n) is 4.79. The number of pyridine rings is 1. The molecule has 1 aliphatic heterocycles. The number of morpholine rings is 1. The first-order valence-corrected chi connectivity index (χ1v) is 13.2. The highest BCUT2D eigenvalue weighted by Crippen LogP contribution is 2.43. The molecule has 184 valence electrons. The second-order valence-electron chi connectivity index (χ2n) is 9.36. The van der Waals surface area contributed by atoms with Gasteiger partial charge in [-0.1, -0.05) is 0 Å². The van der Waals surface area contributed by atoms with Crippen molar-refractivity contribution in [2.75, 3.05) is 18.4 Å². The van der Waals surface area contributed by atoms with E-state index in [0.717, 1.165) is 12.8 Å². The molecule has 35 heavy (non-hydrogen) atoms. The molecule has 3 aromatic rings. The van der Waals surface area contributed by atoms with Gasteiger partial charge in [0.15, 0.2) is 5.82 Å². The van der Waals surface area contributed by atoms with Crippen LogP contribution in [0, 0.1) is 17.2 Å². The molecule has 3 unspecified atom stereocenters. The van der Waals surface area contributed by atoms with Crippen molar-refractivity contribution in [3.8, 4) is 6.07 Å². The lowest BCUT2D eigenvalue weighted by molar-refractivity contribution is -0.0440. The molecule has 10 nitrogen and oxygen atoms in total. The lowest BCUT2D eigenvalue weighted by Crippen LogP contribution is -2.48. The quantitative estimate of drug-likeness (QED) is 0.513. The second-order valence-corrected chi connectivity index (χ2v) is 11.3. The second kappa shape index (κ2) is 9.11. The highest BCUT2D eigenvalue weighted by atomic mass is 32.2. The SMILES string of the molecule is CC1CN(S(=O)(=O)c2ccc(Nc3nn(C(CC#N)C4CC4)c4cc[nH]c(=O)c34)cc2)CC(C)O1. The van der Waals surface area contributed by atoms with Crippen molar-refractivity contribution in [2.24, 2.45) is 5.92 Å². The Morgan fingerprint density at radius 1 is 1.20 bits per heavy atom. The van der Waals surface area contributed by atoms with Crippen LogP contribution in [0.1, 0.15) is 39.2 Å². The van der Waals surface area contributed by atoms with Crippen molar-refractivity contribution in [3.05, 3.63) is 46.9 Å². The van der Waals surface area contributed by atoms with Crippen LogP contribution in [0.3, 0.4) is 0 Å². The van der Waals surface area contributed by atoms with Crippen LogP contribution >= 0.6 is 0 Å². The maximum Gasteiger partial charge on any atom is 0.261 e. The largest absolute Gasteiger partial charge is 0.373 e. The Morgan fingerprint density at radius 2 is 1.89 bits per heavy atom. The molecule has 2 N–H and O–H groups in total. The zero-order chi connectivity index (χ0) is 24.7. The topological polar surface area (TPSA) is 133 Å². The summed E-state index contributed by atoms with van der Waals surface area (Å²) < 4.78 is 35.2. The summed E-state index contributed by atoms with van der Waals surface area (Å²) in [5.41, 5.74) is 0.987. The molecule has 1 saturated heterocycles. The van der Waals surface area contributed by atoms with Crippen LogP contribution in [0.2, 0.25) is 0 Å². The molecule has 2 fully saturated rings. The van der Waals surface area contributed by atoms with Gasteiger partial charge in [0.05, 0.1) is 41.2 Å². The van der Waals surface area contributed by atoms with Gasteiger partial charge in [-0.15, -0.1) is 0 Å². The molecular formula is C24H28N6O4S. The van der Waals surface area contributed by atoms with Crippen molar-refractivity contribution < 1.29 is 13.2 Å². The van der Waals surface area contributed by atoms with E-state index in [9.17, 15) is 18.5 Å². The Kier molecular flexibility index (Phi) is 6.13. The number of nitrogens with one attached hydrogen (secondary N) is 2. The minimum absolute atomic E-state index is 0.0920. The number of fused-ring (bicyclic) bond motifs is 1. The van der Waals surface area contributed by atoms with Gasteiger partial charge >= 0.3 is 0 Å². The molecule has 0 radical (unpaired) electrons. The maximum absolute atomic E-state index is 13.1. The van der Waals surface area contributed by atoms with E-state index >= 15 is 0 Å². The molecule has 0 bridgehead atoms. The van der Waals surface area contributed by atoms with Gasteiger partial charge in [0.1, 0.15) is 5.39 Å². The molecule has 1 saturated carbocycles. The Hall–Kier alpha value is -3.20. The van der Waals surface area contributed by atoms with Gasteiger partial charge in [0.25, 0.3) is 5.56 Å². The minimum Gasteiger partial charge on any atom is -0.373 e. The Morgan fingerprint density at radius 3 is 2.51 bits per heavy atom. The predicted molar refractivity (Wildman–Crippen MR) is 131 cm³/mol. The number of nitrogens with zero attached hydrogens (tertiary/aromatic N) is 4. The van der Waals surface area contributed by atoms with Crippen LogP contribution in [0.4, 0.5) is 11.5 Å². The number of aromatic amines is 1. The number of anilines is 2. The van der Waals surface area contributed by atoms with E-state index < -0.39 is 10.0 Å². The Bertz CT molecular complexity index is 1430. The highest BCUT2D eigenvalue weighted by Gasteiger charge is 2.35. The first kappa shape index (κ1) is 23.5. The molecule has 2 aromatic heterocycles. The Labute approximate surface area is 203 Å². The smallest absolute Gasteiger partial charge is 0.261 e. The van der Waals surface area contributed by atoms with Gasteiger partial charge in [0, 0.05) is 25.0 Å². The normalized spacial score (nSPS) is 22.1. The summed E-state index contributed by atoms with van der Waals surface area (Å²) in [7, 11) is -3.65. The predicted octanol–water partition coefficient (Wildman–Crippen LogP) is 3.13. The van der Waals surface area contributed by atoms with Crippen LogP contribution in [0.15, 0.2) is 46.2 Å². The Balaban J connectivity index is 1.44. The summed E-state index contributed by atoms with van der Waals surface area (Å²) >= 11 is 0. The minimum atomic E-state index is -3.65. The van der Waals surface area contributed by atoms with Crippen molar-refractivity contribution >= 4 is 32.4 Å². The zero-order valence-electron chi connectivity index (χ0n) is 19.6. The molecule has 0 amide bonds. The highest BCUT2D eigenvalue weighted by molar-refractivity contribution is 7.89. The van der Waals surface area contributed by atoms with E-state index in [2.05, 4.69) is 21.5 Å². The van der Waals surface area contributed by atoms with E-state index in [-0.39, 0.29) is 28.7 Å². The number of aromatic nitrogens is 3.